The first kappa shape index (κ1) is 17.4. The van der Waals surface area contributed by atoms with Crippen LogP contribution in [0.3, 0.4) is 0 Å². The van der Waals surface area contributed by atoms with Crippen molar-refractivity contribution < 1.29 is 0 Å². The number of aromatic nitrogens is 1. The number of rotatable bonds is 6. The second kappa shape index (κ2) is 8.63. The highest BCUT2D eigenvalue weighted by atomic mass is 35.5. The van der Waals surface area contributed by atoms with Crippen LogP contribution in [0, 0.1) is 0 Å². The Balaban J connectivity index is 1.97. The van der Waals surface area contributed by atoms with Crippen LogP contribution in [0.15, 0.2) is 47.6 Å². The Bertz CT molecular complexity index is 648. The molecule has 0 radical (unpaired) electrons. The molecular formula is C18H25ClN4. The van der Waals surface area contributed by atoms with E-state index in [4.69, 9.17) is 16.6 Å². The molecule has 0 saturated carbocycles. The Kier molecular flexibility index (Phi) is 6.53. The highest BCUT2D eigenvalue weighted by molar-refractivity contribution is 6.30. The number of hydrogen-bond acceptors (Lipinski definition) is 1. The van der Waals surface area contributed by atoms with Gasteiger partial charge in [0.05, 0.1) is 6.54 Å². The summed E-state index contributed by atoms with van der Waals surface area (Å²) < 4.78 is 2.13. The molecule has 0 amide bonds. The topological polar surface area (TPSA) is 32.6 Å². The summed E-state index contributed by atoms with van der Waals surface area (Å²) in [6.07, 6.45) is 2.94. The predicted molar refractivity (Wildman–Crippen MR) is 98.0 cm³/mol. The van der Waals surface area contributed by atoms with Crippen LogP contribution in [0.4, 0.5) is 0 Å². The minimum atomic E-state index is 0.736. The second-order valence-electron chi connectivity index (χ2n) is 5.58. The van der Waals surface area contributed by atoms with Crippen molar-refractivity contribution in [2.75, 3.05) is 20.1 Å². The molecule has 0 bridgehead atoms. The standard InChI is InChI=1S/C18H25ClN4/c1-4-20-18(23(3)14-17-9-6-12-22(17)2)21-11-10-15-7-5-8-16(19)13-15/h5-9,12-13H,4,10-11,14H2,1-3H3,(H,20,21). The molecule has 1 aromatic heterocycles. The van der Waals surface area contributed by atoms with Gasteiger partial charge in [-0.2, -0.15) is 0 Å². The molecule has 1 heterocycles. The van der Waals surface area contributed by atoms with E-state index in [0.29, 0.717) is 0 Å². The summed E-state index contributed by atoms with van der Waals surface area (Å²) in [5, 5.41) is 4.13. The zero-order valence-corrected chi connectivity index (χ0v) is 14.8. The van der Waals surface area contributed by atoms with E-state index < -0.39 is 0 Å². The maximum absolute atomic E-state index is 6.02. The first-order valence-corrected chi connectivity index (χ1v) is 8.32. The summed E-state index contributed by atoms with van der Waals surface area (Å²) in [7, 11) is 4.13. The van der Waals surface area contributed by atoms with E-state index in [1.54, 1.807) is 0 Å². The van der Waals surface area contributed by atoms with Gasteiger partial charge >= 0.3 is 0 Å². The van der Waals surface area contributed by atoms with E-state index in [0.717, 1.165) is 37.0 Å². The molecule has 2 rings (SSSR count). The molecule has 0 fully saturated rings. The molecule has 124 valence electrons. The minimum absolute atomic E-state index is 0.736. The van der Waals surface area contributed by atoms with Crippen molar-refractivity contribution in [3.8, 4) is 0 Å². The lowest BCUT2D eigenvalue weighted by Crippen LogP contribution is -2.39. The molecule has 0 aliphatic carbocycles. The van der Waals surface area contributed by atoms with Crippen molar-refractivity contribution in [2.24, 2.45) is 12.0 Å². The fraction of sp³-hybridized carbons (Fsp3) is 0.389. The monoisotopic (exact) mass is 332 g/mol. The van der Waals surface area contributed by atoms with Crippen molar-refractivity contribution in [3.05, 3.63) is 58.9 Å². The van der Waals surface area contributed by atoms with Gasteiger partial charge in [0.1, 0.15) is 0 Å². The maximum atomic E-state index is 6.02. The van der Waals surface area contributed by atoms with Gasteiger partial charge in [0.15, 0.2) is 5.96 Å². The highest BCUT2D eigenvalue weighted by Crippen LogP contribution is 2.11. The highest BCUT2D eigenvalue weighted by Gasteiger charge is 2.08. The van der Waals surface area contributed by atoms with Gasteiger partial charge in [0.2, 0.25) is 0 Å². The Morgan fingerprint density at radius 3 is 2.78 bits per heavy atom. The molecule has 0 saturated heterocycles. The molecule has 1 aromatic carbocycles. The van der Waals surface area contributed by atoms with Crippen molar-refractivity contribution in [1.29, 1.82) is 0 Å². The zero-order valence-electron chi connectivity index (χ0n) is 14.1. The molecule has 23 heavy (non-hydrogen) atoms. The molecule has 1 N–H and O–H groups in total. The fourth-order valence-corrected chi connectivity index (χ4v) is 2.64. The summed E-state index contributed by atoms with van der Waals surface area (Å²) in [5.41, 5.74) is 2.47. The molecule has 5 heteroatoms. The number of nitrogens with one attached hydrogen (secondary N) is 1. The van der Waals surface area contributed by atoms with Gasteiger partial charge in [0, 0.05) is 44.1 Å². The van der Waals surface area contributed by atoms with E-state index in [1.165, 1.54) is 11.3 Å². The summed E-state index contributed by atoms with van der Waals surface area (Å²) in [6, 6.07) is 12.2. The maximum Gasteiger partial charge on any atom is 0.194 e. The number of hydrogen-bond donors (Lipinski definition) is 1. The molecule has 0 unspecified atom stereocenters. The number of aryl methyl sites for hydroxylation is 1. The van der Waals surface area contributed by atoms with Crippen molar-refractivity contribution >= 4 is 17.6 Å². The molecule has 0 aliphatic heterocycles. The predicted octanol–water partition coefficient (Wildman–Crippen LogP) is 3.32. The summed E-state index contributed by atoms with van der Waals surface area (Å²) in [6.45, 7) is 4.50. The summed E-state index contributed by atoms with van der Waals surface area (Å²) in [5.74, 6) is 0.927. The molecule has 4 nitrogen and oxygen atoms in total. The SMILES string of the molecule is CCNC(=NCCc1cccc(Cl)c1)N(C)Cc1cccn1C. The van der Waals surface area contributed by atoms with Crippen LogP contribution in [0.1, 0.15) is 18.2 Å². The Hall–Kier alpha value is -1.94. The Morgan fingerprint density at radius 2 is 2.13 bits per heavy atom. The van der Waals surface area contributed by atoms with Crippen LogP contribution in [-0.2, 0) is 20.0 Å². The number of aliphatic imine (C=N–C) groups is 1. The van der Waals surface area contributed by atoms with E-state index in [1.807, 2.05) is 18.2 Å². The zero-order chi connectivity index (χ0) is 16.7. The molecule has 0 atom stereocenters. The normalized spacial score (nSPS) is 11.6. The van der Waals surface area contributed by atoms with E-state index in [9.17, 15) is 0 Å². The Morgan fingerprint density at radius 1 is 1.30 bits per heavy atom. The number of halogens is 1. The first-order chi connectivity index (χ1) is 11.1. The van der Waals surface area contributed by atoms with Crippen LogP contribution >= 0.6 is 11.6 Å². The van der Waals surface area contributed by atoms with Crippen molar-refractivity contribution in [3.63, 3.8) is 0 Å². The van der Waals surface area contributed by atoms with Gasteiger partial charge < -0.3 is 14.8 Å². The summed E-state index contributed by atoms with van der Waals surface area (Å²) >= 11 is 6.02. The lowest BCUT2D eigenvalue weighted by atomic mass is 10.1. The van der Waals surface area contributed by atoms with Crippen LogP contribution in [-0.4, -0.2) is 35.6 Å². The lowest BCUT2D eigenvalue weighted by Gasteiger charge is -2.22. The van der Waals surface area contributed by atoms with Gasteiger partial charge in [-0.3, -0.25) is 4.99 Å². The van der Waals surface area contributed by atoms with Gasteiger partial charge in [-0.25, -0.2) is 0 Å². The third kappa shape index (κ3) is 5.32. The van der Waals surface area contributed by atoms with Crippen LogP contribution in [0.25, 0.3) is 0 Å². The van der Waals surface area contributed by atoms with Crippen LogP contribution in [0.5, 0.6) is 0 Å². The quantitative estimate of drug-likeness (QED) is 0.650. The molecule has 0 spiro atoms. The minimum Gasteiger partial charge on any atom is -0.357 e. The lowest BCUT2D eigenvalue weighted by molar-refractivity contribution is 0.462. The van der Waals surface area contributed by atoms with Crippen LogP contribution in [0.2, 0.25) is 5.02 Å². The van der Waals surface area contributed by atoms with Gasteiger partial charge in [0.25, 0.3) is 0 Å². The van der Waals surface area contributed by atoms with Gasteiger partial charge in [-0.1, -0.05) is 23.7 Å². The fourth-order valence-electron chi connectivity index (χ4n) is 2.43. The Labute approximate surface area is 143 Å². The van der Waals surface area contributed by atoms with E-state index >= 15 is 0 Å². The number of nitrogens with zero attached hydrogens (tertiary/aromatic N) is 3. The van der Waals surface area contributed by atoms with E-state index in [2.05, 4.69) is 60.2 Å². The molecular weight excluding hydrogens is 308 g/mol. The number of guanidine groups is 1. The van der Waals surface area contributed by atoms with E-state index in [-0.39, 0.29) is 0 Å². The number of benzene rings is 1. The van der Waals surface area contributed by atoms with Gasteiger partial charge in [-0.05, 0) is 43.2 Å². The van der Waals surface area contributed by atoms with Crippen molar-refractivity contribution in [2.45, 2.75) is 19.9 Å². The van der Waals surface area contributed by atoms with Crippen LogP contribution < -0.4 is 5.32 Å². The summed E-state index contributed by atoms with van der Waals surface area (Å²) in [4.78, 5) is 6.88. The molecule has 2 aromatic rings. The first-order valence-electron chi connectivity index (χ1n) is 7.94. The average Bonchev–Trinajstić information content (AvgIpc) is 2.91. The van der Waals surface area contributed by atoms with Gasteiger partial charge in [-0.15, -0.1) is 0 Å². The van der Waals surface area contributed by atoms with Crippen molar-refractivity contribution in [1.82, 2.24) is 14.8 Å². The smallest absolute Gasteiger partial charge is 0.194 e. The largest absolute Gasteiger partial charge is 0.357 e. The third-order valence-electron chi connectivity index (χ3n) is 3.70. The molecule has 0 aliphatic rings. The third-order valence-corrected chi connectivity index (χ3v) is 3.93. The second-order valence-corrected chi connectivity index (χ2v) is 6.02. The average molecular weight is 333 g/mol.